The molecule has 2 heterocycles. The molecular weight excluding hydrogens is 732 g/mol. The lowest BCUT2D eigenvalue weighted by atomic mass is 9.76. The zero-order valence-corrected chi connectivity index (χ0v) is 30.1. The highest BCUT2D eigenvalue weighted by atomic mass is 35.5. The van der Waals surface area contributed by atoms with Crippen LogP contribution in [-0.2, 0) is 24.0 Å². The predicted molar refractivity (Wildman–Crippen MR) is 184 cm³/mol. The topological polar surface area (TPSA) is 201 Å². The maximum atomic E-state index is 14.5. The van der Waals surface area contributed by atoms with E-state index in [1.807, 2.05) is 0 Å². The summed E-state index contributed by atoms with van der Waals surface area (Å²) in [4.78, 5) is 79.6. The standard InChI is InChI=1S/C28H34Cl2N6O7S4/c1-14(37)34-19(27(40)41)9-44-24(18-8-22(47-12-30)33-13-32-18)16-4-3-5-17(23(16)39)25(26-31-7-6-21(36-26)46-11-29)45-10-20(28(42)43)35-15(2)38/h6-8,13,16-17,19-20,24-25H,3-5,9-12H2,1-2H3,(H,34,37)(H,35,38)(H,40,41)(H,42,43)/t16?,17?,19-,20-,24?,25?/m0/s1. The lowest BCUT2D eigenvalue weighted by Crippen LogP contribution is -2.42. The SMILES string of the molecule is CC(=O)N[C@@H](CSC(c1cc(SCCl)ncn1)C1CCCC(C(SC[C@H](NC(C)=O)C(=O)O)c2nccc(SCCl)n2)C1=O)C(=O)O. The van der Waals surface area contributed by atoms with E-state index in [1.54, 1.807) is 18.3 Å². The fraction of sp³-hybridized carbons (Fsp3) is 0.536. The Hall–Kier alpha value is -2.31. The van der Waals surface area contributed by atoms with Crippen LogP contribution in [0.2, 0.25) is 0 Å². The Bertz CT molecular complexity index is 1330. The number of carboxylic acid groups (broad SMARTS) is 2. The number of rotatable bonds is 18. The van der Waals surface area contributed by atoms with Crippen LogP contribution in [-0.4, -0.2) is 93.7 Å². The average Bonchev–Trinajstić information content (AvgIpc) is 3.01. The fourth-order valence-electron chi connectivity index (χ4n) is 5.01. The number of halogens is 2. The zero-order chi connectivity index (χ0) is 34.5. The molecule has 3 rings (SSSR count). The Labute approximate surface area is 298 Å². The van der Waals surface area contributed by atoms with Gasteiger partial charge >= 0.3 is 11.9 Å². The van der Waals surface area contributed by atoms with Crippen molar-refractivity contribution in [1.82, 2.24) is 30.6 Å². The molecule has 2 aromatic heterocycles. The van der Waals surface area contributed by atoms with Crippen molar-refractivity contribution in [2.45, 2.75) is 65.7 Å². The van der Waals surface area contributed by atoms with Crippen LogP contribution in [0.5, 0.6) is 0 Å². The first kappa shape index (κ1) is 39.1. The first-order chi connectivity index (χ1) is 22.4. The summed E-state index contributed by atoms with van der Waals surface area (Å²) >= 11 is 16.8. The van der Waals surface area contributed by atoms with Gasteiger partial charge in [-0.15, -0.1) is 46.7 Å². The normalized spacial score (nSPS) is 18.9. The maximum absolute atomic E-state index is 14.5. The number of aliphatic carboxylic acids is 2. The second-order valence-corrected chi connectivity index (χ2v) is 15.8. The Morgan fingerprint density at radius 3 is 1.98 bits per heavy atom. The number of hydrogen-bond donors (Lipinski definition) is 4. The number of thioether (sulfide) groups is 4. The van der Waals surface area contributed by atoms with Crippen molar-refractivity contribution in [2.24, 2.45) is 11.8 Å². The minimum absolute atomic E-state index is 0.0357. The summed E-state index contributed by atoms with van der Waals surface area (Å²) in [6, 6.07) is 1.00. The Balaban J connectivity index is 2.02. The van der Waals surface area contributed by atoms with Gasteiger partial charge in [-0.25, -0.2) is 29.5 Å². The summed E-state index contributed by atoms with van der Waals surface area (Å²) < 4.78 is 0. The van der Waals surface area contributed by atoms with Crippen LogP contribution in [0.15, 0.2) is 34.7 Å². The third kappa shape index (κ3) is 12.0. The molecule has 0 bridgehead atoms. The highest BCUT2D eigenvalue weighted by Crippen LogP contribution is 2.48. The number of ketones is 1. The molecule has 1 saturated carbocycles. The van der Waals surface area contributed by atoms with Crippen LogP contribution < -0.4 is 10.6 Å². The summed E-state index contributed by atoms with van der Waals surface area (Å²) in [5, 5.41) is 24.7. The van der Waals surface area contributed by atoms with E-state index in [2.05, 4.69) is 30.6 Å². The van der Waals surface area contributed by atoms with Gasteiger partial charge in [0.15, 0.2) is 0 Å². The molecule has 19 heteroatoms. The molecule has 47 heavy (non-hydrogen) atoms. The zero-order valence-electron chi connectivity index (χ0n) is 25.3. The molecule has 4 N–H and O–H groups in total. The molecule has 1 aliphatic rings. The van der Waals surface area contributed by atoms with E-state index < -0.39 is 58.2 Å². The van der Waals surface area contributed by atoms with Crippen molar-refractivity contribution in [1.29, 1.82) is 0 Å². The monoisotopic (exact) mass is 764 g/mol. The van der Waals surface area contributed by atoms with Gasteiger partial charge in [-0.1, -0.05) is 29.9 Å². The van der Waals surface area contributed by atoms with Gasteiger partial charge in [0.05, 0.1) is 26.6 Å². The number of nitrogens with zero attached hydrogens (tertiary/aromatic N) is 4. The van der Waals surface area contributed by atoms with Crippen LogP contribution in [0.4, 0.5) is 0 Å². The summed E-state index contributed by atoms with van der Waals surface area (Å²) in [7, 11) is 0. The second kappa shape index (κ2) is 19.6. The van der Waals surface area contributed by atoms with E-state index in [0.29, 0.717) is 40.8 Å². The summed E-state index contributed by atoms with van der Waals surface area (Å²) in [5.41, 5.74) is 0.515. The third-order valence-corrected chi connectivity index (χ3v) is 11.8. The number of alkyl halides is 2. The fourth-order valence-corrected chi connectivity index (χ4v) is 9.36. The lowest BCUT2D eigenvalue weighted by molar-refractivity contribution is -0.141. The van der Waals surface area contributed by atoms with Crippen LogP contribution in [0.25, 0.3) is 0 Å². The summed E-state index contributed by atoms with van der Waals surface area (Å²) in [5.74, 6) is -4.59. The van der Waals surface area contributed by atoms with Gasteiger partial charge in [0.1, 0.15) is 40.1 Å². The third-order valence-electron chi connectivity index (χ3n) is 6.99. The lowest BCUT2D eigenvalue weighted by Gasteiger charge is -2.36. The summed E-state index contributed by atoms with van der Waals surface area (Å²) in [6.45, 7) is 2.46. The Morgan fingerprint density at radius 1 is 0.872 bits per heavy atom. The second-order valence-electron chi connectivity index (χ2n) is 10.3. The molecule has 0 aliphatic heterocycles. The van der Waals surface area contributed by atoms with Gasteiger partial charge in [0, 0.05) is 43.4 Å². The van der Waals surface area contributed by atoms with Crippen LogP contribution in [0.3, 0.4) is 0 Å². The van der Waals surface area contributed by atoms with Gasteiger partial charge in [-0.05, 0) is 25.0 Å². The van der Waals surface area contributed by atoms with Gasteiger partial charge in [-0.3, -0.25) is 14.4 Å². The predicted octanol–water partition coefficient (Wildman–Crippen LogP) is 4.26. The Morgan fingerprint density at radius 2 is 1.43 bits per heavy atom. The number of Topliss-reactive ketones (excluding diaryl/α,β-unsaturated/α-hetero) is 1. The number of aromatic nitrogens is 4. The molecule has 0 saturated heterocycles. The van der Waals surface area contributed by atoms with Crippen molar-refractivity contribution in [3.05, 3.63) is 36.2 Å². The highest BCUT2D eigenvalue weighted by molar-refractivity contribution is 8.00. The smallest absolute Gasteiger partial charge is 0.327 e. The molecule has 0 radical (unpaired) electrons. The van der Waals surface area contributed by atoms with E-state index in [-0.39, 0.29) is 27.7 Å². The van der Waals surface area contributed by atoms with Gasteiger partial charge < -0.3 is 20.8 Å². The van der Waals surface area contributed by atoms with Crippen LogP contribution in [0.1, 0.15) is 55.1 Å². The quantitative estimate of drug-likeness (QED) is 0.0953. The minimum atomic E-state index is -1.22. The number of amides is 2. The molecule has 0 spiro atoms. The molecule has 2 amide bonds. The maximum Gasteiger partial charge on any atom is 0.327 e. The molecule has 6 atom stereocenters. The minimum Gasteiger partial charge on any atom is -0.480 e. The first-order valence-corrected chi connectivity index (χ1v) is 19.4. The molecule has 2 aromatic rings. The van der Waals surface area contributed by atoms with Crippen LogP contribution >= 0.6 is 70.2 Å². The molecule has 1 fully saturated rings. The number of hydrogen-bond acceptors (Lipinski definition) is 13. The van der Waals surface area contributed by atoms with Crippen molar-refractivity contribution in [3.8, 4) is 0 Å². The molecule has 256 valence electrons. The van der Waals surface area contributed by atoms with Crippen molar-refractivity contribution in [2.75, 3.05) is 21.9 Å². The van der Waals surface area contributed by atoms with E-state index in [1.165, 1.54) is 67.2 Å². The highest BCUT2D eigenvalue weighted by Gasteiger charge is 2.43. The molecule has 4 unspecified atom stereocenters. The van der Waals surface area contributed by atoms with Crippen LogP contribution in [0, 0.1) is 11.8 Å². The van der Waals surface area contributed by atoms with E-state index in [4.69, 9.17) is 23.2 Å². The van der Waals surface area contributed by atoms with Gasteiger partial charge in [0.2, 0.25) is 11.8 Å². The average molecular weight is 766 g/mol. The number of carbonyl (C=O) groups excluding carboxylic acids is 3. The van der Waals surface area contributed by atoms with Gasteiger partial charge in [0.25, 0.3) is 0 Å². The molecule has 0 aromatic carbocycles. The largest absolute Gasteiger partial charge is 0.480 e. The number of carbonyl (C=O) groups is 5. The number of carboxylic acids is 2. The first-order valence-electron chi connectivity index (χ1n) is 14.2. The summed E-state index contributed by atoms with van der Waals surface area (Å²) in [6.07, 6.45) is 4.51. The molecule has 1 aliphatic carbocycles. The van der Waals surface area contributed by atoms with Gasteiger partial charge in [-0.2, -0.15) is 0 Å². The molecule has 13 nitrogen and oxygen atoms in total. The van der Waals surface area contributed by atoms with Crippen molar-refractivity contribution < 1.29 is 34.2 Å². The van der Waals surface area contributed by atoms with E-state index >= 15 is 0 Å². The van der Waals surface area contributed by atoms with Crippen molar-refractivity contribution in [3.63, 3.8) is 0 Å². The Kier molecular flexibility index (Phi) is 16.3. The van der Waals surface area contributed by atoms with E-state index in [0.717, 1.165) is 0 Å². The van der Waals surface area contributed by atoms with E-state index in [9.17, 15) is 34.2 Å². The molecular formula is C28H34Cl2N6O7S4. The van der Waals surface area contributed by atoms with Crippen molar-refractivity contribution >= 4 is 99.8 Å². The number of nitrogens with one attached hydrogen (secondary N) is 2.